The third-order valence-electron chi connectivity index (χ3n) is 6.19. The number of carbonyl (C=O) groups excluding carboxylic acids is 4. The van der Waals surface area contributed by atoms with Crippen LogP contribution in [-0.4, -0.2) is 63.6 Å². The molecule has 0 bridgehead atoms. The summed E-state index contributed by atoms with van der Waals surface area (Å²) in [5.74, 6) is -1.20. The lowest BCUT2D eigenvalue weighted by atomic mass is 9.83. The van der Waals surface area contributed by atoms with Gasteiger partial charge in [-0.25, -0.2) is 9.59 Å². The number of anilines is 1. The summed E-state index contributed by atoms with van der Waals surface area (Å²) >= 11 is 0. The molecule has 4 rings (SSSR count). The van der Waals surface area contributed by atoms with E-state index in [1.54, 1.807) is 77.0 Å². The molecule has 2 fully saturated rings. The lowest BCUT2D eigenvalue weighted by Gasteiger charge is -2.50. The summed E-state index contributed by atoms with van der Waals surface area (Å²) in [6.07, 6.45) is 5.76. The van der Waals surface area contributed by atoms with Crippen LogP contribution in [0.4, 0.5) is 10.5 Å². The van der Waals surface area contributed by atoms with Crippen LogP contribution < -0.4 is 10.2 Å². The van der Waals surface area contributed by atoms with Crippen molar-refractivity contribution in [3.8, 4) is 0 Å². The first kappa shape index (κ1) is 26.4. The summed E-state index contributed by atoms with van der Waals surface area (Å²) in [4.78, 5) is 59.0. The molecule has 3 amide bonds. The number of nitrogens with one attached hydrogen (secondary N) is 1. The third kappa shape index (κ3) is 5.68. The van der Waals surface area contributed by atoms with Gasteiger partial charge in [0.1, 0.15) is 22.9 Å². The molecule has 0 unspecified atom stereocenters. The van der Waals surface area contributed by atoms with E-state index in [2.05, 4.69) is 10.3 Å². The number of amides is 3. The van der Waals surface area contributed by atoms with Gasteiger partial charge in [0.05, 0.1) is 6.04 Å². The average molecular weight is 511 g/mol. The number of carbonyl (C=O) groups is 4. The highest BCUT2D eigenvalue weighted by Gasteiger charge is 2.54. The number of hydrogen-bond acceptors (Lipinski definition) is 7. The fourth-order valence-electron chi connectivity index (χ4n) is 4.71. The molecule has 1 aromatic heterocycles. The monoisotopic (exact) mass is 510 g/mol. The predicted octanol–water partition coefficient (Wildman–Crippen LogP) is 3.24. The summed E-state index contributed by atoms with van der Waals surface area (Å²) in [5, 5.41) is 2.64. The normalized spacial score (nSPS) is 23.1. The Bertz CT molecular complexity index is 1180. The number of hydrogen-bond donors (Lipinski definition) is 1. The minimum atomic E-state index is -0.795. The van der Waals surface area contributed by atoms with E-state index in [4.69, 9.17) is 9.47 Å². The number of fused-ring (bicyclic) bond motifs is 1. The molecule has 10 heteroatoms. The van der Waals surface area contributed by atoms with Crippen LogP contribution in [-0.2, 0) is 23.9 Å². The molecule has 0 aromatic carbocycles. The predicted molar refractivity (Wildman–Crippen MR) is 135 cm³/mol. The van der Waals surface area contributed by atoms with Crippen LogP contribution in [0.3, 0.4) is 0 Å². The summed E-state index contributed by atoms with van der Waals surface area (Å²) in [5.41, 5.74) is 0.529. The maximum absolute atomic E-state index is 13.3. The number of pyridine rings is 1. The summed E-state index contributed by atoms with van der Waals surface area (Å²) < 4.78 is 10.9. The smallest absolute Gasteiger partial charge is 0.408 e. The Balaban J connectivity index is 1.62. The maximum Gasteiger partial charge on any atom is 0.408 e. The van der Waals surface area contributed by atoms with Crippen LogP contribution in [0, 0.1) is 0 Å². The number of β-lactam (4-membered cyclic amide) rings is 1. The van der Waals surface area contributed by atoms with Gasteiger partial charge in [-0.3, -0.25) is 19.5 Å². The zero-order chi connectivity index (χ0) is 27.1. The number of esters is 1. The Morgan fingerprint density at radius 3 is 2.30 bits per heavy atom. The molecule has 3 aliphatic heterocycles. The van der Waals surface area contributed by atoms with Crippen molar-refractivity contribution >= 4 is 29.6 Å². The highest BCUT2D eigenvalue weighted by atomic mass is 16.6. The number of alkyl carbamates (subject to hydrolysis) is 1. The number of rotatable bonds is 4. The van der Waals surface area contributed by atoms with Crippen molar-refractivity contribution < 1.29 is 28.7 Å². The van der Waals surface area contributed by atoms with Crippen LogP contribution in [0.5, 0.6) is 0 Å². The third-order valence-corrected chi connectivity index (χ3v) is 6.19. The molecule has 0 saturated carbocycles. The van der Waals surface area contributed by atoms with E-state index in [9.17, 15) is 19.2 Å². The lowest BCUT2D eigenvalue weighted by Crippen LogP contribution is -2.72. The topological polar surface area (TPSA) is 118 Å². The first-order chi connectivity index (χ1) is 17.2. The molecule has 37 heavy (non-hydrogen) atoms. The molecule has 0 aliphatic carbocycles. The van der Waals surface area contributed by atoms with Crippen LogP contribution >= 0.6 is 0 Å². The molecule has 2 saturated heterocycles. The van der Waals surface area contributed by atoms with Crippen molar-refractivity contribution in [3.05, 3.63) is 47.4 Å². The van der Waals surface area contributed by atoms with E-state index in [0.29, 0.717) is 37.0 Å². The van der Waals surface area contributed by atoms with Crippen molar-refractivity contribution in [1.29, 1.82) is 0 Å². The summed E-state index contributed by atoms with van der Waals surface area (Å²) in [7, 11) is 0. The molecule has 10 nitrogen and oxygen atoms in total. The number of ether oxygens (including phenoxy) is 2. The average Bonchev–Trinajstić information content (AvgIpc) is 3.15. The van der Waals surface area contributed by atoms with Crippen LogP contribution in [0.25, 0.3) is 0 Å². The van der Waals surface area contributed by atoms with Gasteiger partial charge in [-0.05, 0) is 84.6 Å². The van der Waals surface area contributed by atoms with E-state index >= 15 is 0 Å². The van der Waals surface area contributed by atoms with Gasteiger partial charge in [-0.15, -0.1) is 0 Å². The minimum absolute atomic E-state index is 0.126. The summed E-state index contributed by atoms with van der Waals surface area (Å²) in [6.45, 7) is 11.0. The van der Waals surface area contributed by atoms with Gasteiger partial charge < -0.3 is 19.7 Å². The Kier molecular flexibility index (Phi) is 6.87. The highest BCUT2D eigenvalue weighted by Crippen LogP contribution is 2.39. The Morgan fingerprint density at radius 2 is 1.68 bits per heavy atom. The van der Waals surface area contributed by atoms with E-state index < -0.39 is 41.3 Å². The zero-order valence-corrected chi connectivity index (χ0v) is 22.2. The molecular weight excluding hydrogens is 476 g/mol. The fourth-order valence-corrected chi connectivity index (χ4v) is 4.71. The van der Waals surface area contributed by atoms with E-state index in [-0.39, 0.29) is 11.6 Å². The number of allylic oxidation sites excluding steroid dienone is 2. The molecule has 0 radical (unpaired) electrons. The van der Waals surface area contributed by atoms with Gasteiger partial charge in [0.25, 0.3) is 11.8 Å². The van der Waals surface area contributed by atoms with Crippen molar-refractivity contribution in [1.82, 2.24) is 15.2 Å². The van der Waals surface area contributed by atoms with Gasteiger partial charge in [0.2, 0.25) is 0 Å². The van der Waals surface area contributed by atoms with Crippen LogP contribution in [0.1, 0.15) is 60.8 Å². The quantitative estimate of drug-likeness (QED) is 0.375. The SMILES string of the molecule is CC(C)(C)OC(=O)N[C@@H]1C(=O)N2C(C(=O)OC(C)(C)C)=C(/C=C3\CCN(c4ccncc4)C3=O)CC[C@H]12. The second kappa shape index (κ2) is 9.64. The molecule has 0 spiro atoms. The van der Waals surface area contributed by atoms with E-state index in [0.717, 1.165) is 5.69 Å². The Labute approximate surface area is 216 Å². The van der Waals surface area contributed by atoms with Gasteiger partial charge in [0.15, 0.2) is 0 Å². The van der Waals surface area contributed by atoms with Crippen molar-refractivity contribution in [2.24, 2.45) is 0 Å². The molecule has 198 valence electrons. The Morgan fingerprint density at radius 1 is 1.03 bits per heavy atom. The minimum Gasteiger partial charge on any atom is -0.455 e. The molecular formula is C27H34N4O6. The summed E-state index contributed by atoms with van der Waals surface area (Å²) in [6, 6.07) is 2.34. The largest absolute Gasteiger partial charge is 0.455 e. The van der Waals surface area contributed by atoms with Crippen LogP contribution in [0.15, 0.2) is 47.4 Å². The van der Waals surface area contributed by atoms with Crippen molar-refractivity contribution in [2.75, 3.05) is 11.4 Å². The zero-order valence-electron chi connectivity index (χ0n) is 22.2. The number of aromatic nitrogens is 1. The van der Waals surface area contributed by atoms with Crippen molar-refractivity contribution in [3.63, 3.8) is 0 Å². The molecule has 1 N–H and O–H groups in total. The molecule has 3 aliphatic rings. The van der Waals surface area contributed by atoms with Crippen molar-refractivity contribution in [2.45, 2.75) is 84.1 Å². The highest BCUT2D eigenvalue weighted by molar-refractivity contribution is 6.09. The first-order valence-corrected chi connectivity index (χ1v) is 12.5. The van der Waals surface area contributed by atoms with Crippen LogP contribution in [0.2, 0.25) is 0 Å². The Hall–Kier alpha value is -3.69. The fraction of sp³-hybridized carbons (Fsp3) is 0.519. The standard InChI is InChI=1S/C27H34N4O6/c1-26(2,3)36-24(34)21-16(15-17-11-14-30(22(17)32)18-9-12-28-13-10-18)7-8-19-20(23(33)31(19)21)29-25(35)37-27(4,5)6/h9-10,12-13,15,19-20H,7-8,11,14H2,1-6H3,(H,29,35)/b17-15+/t19-,20+/m1/s1. The van der Waals surface area contributed by atoms with E-state index in [1.807, 2.05) is 0 Å². The molecule has 1 aromatic rings. The second-order valence-electron chi connectivity index (χ2n) is 11.4. The lowest BCUT2D eigenvalue weighted by molar-refractivity contribution is -0.161. The van der Waals surface area contributed by atoms with Gasteiger partial charge in [-0.1, -0.05) is 0 Å². The molecule has 4 heterocycles. The number of nitrogens with zero attached hydrogens (tertiary/aromatic N) is 3. The van der Waals surface area contributed by atoms with Gasteiger partial charge >= 0.3 is 12.1 Å². The molecule has 2 atom stereocenters. The first-order valence-electron chi connectivity index (χ1n) is 12.5. The van der Waals surface area contributed by atoms with E-state index in [1.165, 1.54) is 4.90 Å². The van der Waals surface area contributed by atoms with Gasteiger partial charge in [-0.2, -0.15) is 0 Å². The second-order valence-corrected chi connectivity index (χ2v) is 11.4. The maximum atomic E-state index is 13.3. The van der Waals surface area contributed by atoms with Gasteiger partial charge in [0, 0.05) is 30.2 Å².